The molecule has 24 heavy (non-hydrogen) atoms. The molecule has 0 aliphatic carbocycles. The van der Waals surface area contributed by atoms with Crippen LogP contribution >= 0.6 is 0 Å². The second kappa shape index (κ2) is 6.76. The van der Waals surface area contributed by atoms with Gasteiger partial charge < -0.3 is 5.32 Å². The van der Waals surface area contributed by atoms with Gasteiger partial charge in [-0.15, -0.1) is 0 Å². The van der Waals surface area contributed by atoms with Crippen LogP contribution in [0.1, 0.15) is 21.6 Å². The first-order valence-electron chi connectivity index (χ1n) is 7.52. The molecule has 2 aromatic carbocycles. The van der Waals surface area contributed by atoms with E-state index in [-0.39, 0.29) is 5.91 Å². The van der Waals surface area contributed by atoms with Crippen molar-refractivity contribution in [3.63, 3.8) is 0 Å². The molecule has 116 valence electrons. The van der Waals surface area contributed by atoms with Crippen LogP contribution in [0.2, 0.25) is 0 Å². The number of nitrogens with zero attached hydrogens (tertiary/aromatic N) is 2. The summed E-state index contributed by atoms with van der Waals surface area (Å²) < 4.78 is 0. The number of carbonyl (C=O) groups is 1. The van der Waals surface area contributed by atoms with Gasteiger partial charge in [0.15, 0.2) is 0 Å². The van der Waals surface area contributed by atoms with Crippen molar-refractivity contribution in [2.45, 2.75) is 6.92 Å². The number of amides is 1. The fourth-order valence-corrected chi connectivity index (χ4v) is 2.53. The summed E-state index contributed by atoms with van der Waals surface area (Å²) in [6.07, 6.45) is 0. The number of benzene rings is 2. The van der Waals surface area contributed by atoms with Gasteiger partial charge in [-0.05, 0) is 36.8 Å². The van der Waals surface area contributed by atoms with E-state index in [1.54, 1.807) is 30.3 Å². The Bertz CT molecular complexity index is 941. The maximum atomic E-state index is 12.7. The van der Waals surface area contributed by atoms with Gasteiger partial charge >= 0.3 is 0 Å². The molecule has 4 nitrogen and oxygen atoms in total. The van der Waals surface area contributed by atoms with Crippen LogP contribution < -0.4 is 5.32 Å². The van der Waals surface area contributed by atoms with Crippen LogP contribution in [0.5, 0.6) is 0 Å². The van der Waals surface area contributed by atoms with Crippen LogP contribution in [0, 0.1) is 18.3 Å². The lowest BCUT2D eigenvalue weighted by molar-refractivity contribution is 0.102. The first-order valence-corrected chi connectivity index (χ1v) is 7.52. The highest BCUT2D eigenvalue weighted by molar-refractivity contribution is 6.08. The standard InChI is InChI=1S/C20H15N3O/c1-14-7-6-12-19(22-14)23-20(24)18-11-5-4-10-17(18)16-9-3-2-8-15(16)13-21/h2-12H,1H3,(H,22,23,24). The molecule has 1 amide bonds. The lowest BCUT2D eigenvalue weighted by Crippen LogP contribution is -2.14. The molecule has 0 unspecified atom stereocenters. The molecule has 4 heteroatoms. The quantitative estimate of drug-likeness (QED) is 0.788. The van der Waals surface area contributed by atoms with Gasteiger partial charge in [0, 0.05) is 16.8 Å². The normalized spacial score (nSPS) is 10.0. The average molecular weight is 313 g/mol. The molecule has 0 saturated carbocycles. The molecule has 1 aromatic heterocycles. The van der Waals surface area contributed by atoms with Gasteiger partial charge in [0.2, 0.25) is 0 Å². The third kappa shape index (κ3) is 3.16. The van der Waals surface area contributed by atoms with Gasteiger partial charge in [0.1, 0.15) is 5.82 Å². The van der Waals surface area contributed by atoms with Crippen LogP contribution in [0.25, 0.3) is 11.1 Å². The van der Waals surface area contributed by atoms with Crippen molar-refractivity contribution in [3.05, 3.63) is 83.6 Å². The van der Waals surface area contributed by atoms with E-state index >= 15 is 0 Å². The van der Waals surface area contributed by atoms with Crippen molar-refractivity contribution in [2.75, 3.05) is 5.32 Å². The number of hydrogen-bond acceptors (Lipinski definition) is 3. The summed E-state index contributed by atoms with van der Waals surface area (Å²) in [6, 6.07) is 22.1. The molecule has 0 radical (unpaired) electrons. The Hall–Kier alpha value is -3.45. The van der Waals surface area contributed by atoms with E-state index in [0.717, 1.165) is 16.8 Å². The maximum Gasteiger partial charge on any atom is 0.257 e. The number of anilines is 1. The molecule has 0 fully saturated rings. The fourth-order valence-electron chi connectivity index (χ4n) is 2.53. The summed E-state index contributed by atoms with van der Waals surface area (Å²) >= 11 is 0. The zero-order valence-corrected chi connectivity index (χ0v) is 13.2. The molecule has 0 aliphatic rings. The van der Waals surface area contributed by atoms with Gasteiger partial charge in [-0.25, -0.2) is 4.98 Å². The Morgan fingerprint density at radius 2 is 1.67 bits per heavy atom. The van der Waals surface area contributed by atoms with E-state index in [4.69, 9.17) is 0 Å². The maximum absolute atomic E-state index is 12.7. The van der Waals surface area contributed by atoms with Crippen LogP contribution in [-0.2, 0) is 0 Å². The van der Waals surface area contributed by atoms with Gasteiger partial charge in [0.25, 0.3) is 5.91 Å². The highest BCUT2D eigenvalue weighted by Crippen LogP contribution is 2.27. The molecular formula is C20H15N3O. The second-order valence-corrected chi connectivity index (χ2v) is 5.32. The SMILES string of the molecule is Cc1cccc(NC(=O)c2ccccc2-c2ccccc2C#N)n1. The average Bonchev–Trinajstić information content (AvgIpc) is 2.61. The van der Waals surface area contributed by atoms with Gasteiger partial charge in [-0.2, -0.15) is 5.26 Å². The monoisotopic (exact) mass is 313 g/mol. The van der Waals surface area contributed by atoms with E-state index in [9.17, 15) is 10.1 Å². The number of hydrogen-bond donors (Lipinski definition) is 1. The number of rotatable bonds is 3. The molecule has 1 N–H and O–H groups in total. The van der Waals surface area contributed by atoms with Crippen molar-refractivity contribution < 1.29 is 4.79 Å². The smallest absolute Gasteiger partial charge is 0.257 e. The van der Waals surface area contributed by atoms with Gasteiger partial charge in [0.05, 0.1) is 11.6 Å². The van der Waals surface area contributed by atoms with Gasteiger partial charge in [-0.1, -0.05) is 42.5 Å². The van der Waals surface area contributed by atoms with Crippen LogP contribution in [0.3, 0.4) is 0 Å². The molecule has 0 atom stereocenters. The third-order valence-corrected chi connectivity index (χ3v) is 3.64. The van der Waals surface area contributed by atoms with Crippen molar-refractivity contribution in [2.24, 2.45) is 0 Å². The summed E-state index contributed by atoms with van der Waals surface area (Å²) in [5.41, 5.74) is 3.33. The topological polar surface area (TPSA) is 65.8 Å². The summed E-state index contributed by atoms with van der Waals surface area (Å²) in [5.74, 6) is 0.250. The fraction of sp³-hybridized carbons (Fsp3) is 0.0500. The Morgan fingerprint density at radius 1 is 0.958 bits per heavy atom. The largest absolute Gasteiger partial charge is 0.307 e. The zero-order chi connectivity index (χ0) is 16.9. The lowest BCUT2D eigenvalue weighted by atomic mass is 9.95. The summed E-state index contributed by atoms with van der Waals surface area (Å²) in [7, 11) is 0. The molecule has 0 spiro atoms. The summed E-state index contributed by atoms with van der Waals surface area (Å²) in [6.45, 7) is 1.87. The number of pyridine rings is 1. The Balaban J connectivity index is 2.01. The third-order valence-electron chi connectivity index (χ3n) is 3.64. The van der Waals surface area contributed by atoms with Crippen LogP contribution in [0.4, 0.5) is 5.82 Å². The number of carbonyl (C=O) groups excluding carboxylic acids is 1. The van der Waals surface area contributed by atoms with E-state index in [2.05, 4.69) is 16.4 Å². The molecule has 0 aliphatic heterocycles. The molecular weight excluding hydrogens is 298 g/mol. The van der Waals surface area contributed by atoms with Crippen molar-refractivity contribution >= 4 is 11.7 Å². The lowest BCUT2D eigenvalue weighted by Gasteiger charge is -2.11. The van der Waals surface area contributed by atoms with Crippen molar-refractivity contribution in [3.8, 4) is 17.2 Å². The minimum Gasteiger partial charge on any atom is -0.307 e. The van der Waals surface area contributed by atoms with Crippen molar-refractivity contribution in [1.82, 2.24) is 4.98 Å². The Kier molecular flexibility index (Phi) is 4.35. The summed E-state index contributed by atoms with van der Waals surface area (Å²) in [4.78, 5) is 17.0. The van der Waals surface area contributed by atoms with Crippen LogP contribution in [0.15, 0.2) is 66.7 Å². The van der Waals surface area contributed by atoms with E-state index in [1.807, 2.05) is 43.3 Å². The van der Waals surface area contributed by atoms with E-state index in [0.29, 0.717) is 16.9 Å². The molecule has 3 rings (SSSR count). The highest BCUT2D eigenvalue weighted by atomic mass is 16.1. The molecule has 0 bridgehead atoms. The number of nitrogens with one attached hydrogen (secondary N) is 1. The first-order chi connectivity index (χ1) is 11.7. The predicted octanol–water partition coefficient (Wildman–Crippen LogP) is 4.18. The Morgan fingerprint density at radius 3 is 2.42 bits per heavy atom. The molecule has 3 aromatic rings. The highest BCUT2D eigenvalue weighted by Gasteiger charge is 2.15. The van der Waals surface area contributed by atoms with Crippen LogP contribution in [-0.4, -0.2) is 10.9 Å². The Labute approximate surface area is 140 Å². The number of aromatic nitrogens is 1. The number of nitriles is 1. The second-order valence-electron chi connectivity index (χ2n) is 5.32. The molecule has 0 saturated heterocycles. The van der Waals surface area contributed by atoms with E-state index < -0.39 is 0 Å². The van der Waals surface area contributed by atoms with Crippen molar-refractivity contribution in [1.29, 1.82) is 5.26 Å². The molecule has 1 heterocycles. The minimum absolute atomic E-state index is 0.253. The van der Waals surface area contributed by atoms with E-state index in [1.165, 1.54) is 0 Å². The first kappa shape index (κ1) is 15.4. The predicted molar refractivity (Wildman–Crippen MR) is 93.5 cm³/mol. The summed E-state index contributed by atoms with van der Waals surface area (Å²) in [5, 5.41) is 12.1. The minimum atomic E-state index is -0.253. The zero-order valence-electron chi connectivity index (χ0n) is 13.2. The van der Waals surface area contributed by atoms with Gasteiger partial charge in [-0.3, -0.25) is 4.79 Å². The number of aryl methyl sites for hydroxylation is 1.